The molecule has 0 bridgehead atoms. The first-order valence-corrected chi connectivity index (χ1v) is 9.88. The SMILES string of the molecule is O=C(NC1(C(=O)O)CCSCC1)c1cc(C2CC2)nc2ccc(F)cc12. The van der Waals surface area contributed by atoms with Gasteiger partial charge in [0, 0.05) is 17.0 Å². The number of benzene rings is 1. The van der Waals surface area contributed by atoms with E-state index >= 15 is 0 Å². The minimum Gasteiger partial charge on any atom is -0.480 e. The van der Waals surface area contributed by atoms with Crippen LogP contribution in [0.15, 0.2) is 24.3 Å². The van der Waals surface area contributed by atoms with Crippen LogP contribution in [0.2, 0.25) is 0 Å². The summed E-state index contributed by atoms with van der Waals surface area (Å²) in [5, 5.41) is 12.9. The fourth-order valence-corrected chi connectivity index (χ4v) is 4.58. The van der Waals surface area contributed by atoms with Crippen molar-refractivity contribution in [2.75, 3.05) is 11.5 Å². The highest BCUT2D eigenvalue weighted by Crippen LogP contribution is 2.40. The molecule has 26 heavy (non-hydrogen) atoms. The van der Waals surface area contributed by atoms with Crippen molar-refractivity contribution in [3.8, 4) is 0 Å². The van der Waals surface area contributed by atoms with E-state index in [1.165, 1.54) is 12.1 Å². The van der Waals surface area contributed by atoms with Crippen molar-refractivity contribution >= 4 is 34.5 Å². The van der Waals surface area contributed by atoms with Gasteiger partial charge in [-0.1, -0.05) is 0 Å². The number of hydrogen-bond acceptors (Lipinski definition) is 4. The maximum atomic E-state index is 13.8. The van der Waals surface area contributed by atoms with Gasteiger partial charge in [0.05, 0.1) is 11.1 Å². The predicted molar refractivity (Wildman–Crippen MR) is 98.1 cm³/mol. The molecule has 0 unspecified atom stereocenters. The van der Waals surface area contributed by atoms with Gasteiger partial charge in [0.15, 0.2) is 0 Å². The average molecular weight is 374 g/mol. The second kappa shape index (κ2) is 6.54. The number of amides is 1. The Morgan fingerprint density at radius 1 is 1.23 bits per heavy atom. The molecule has 0 radical (unpaired) electrons. The molecule has 2 aliphatic rings. The molecule has 0 spiro atoms. The van der Waals surface area contributed by atoms with Gasteiger partial charge in [0.1, 0.15) is 11.4 Å². The van der Waals surface area contributed by atoms with Crippen molar-refractivity contribution in [1.82, 2.24) is 10.3 Å². The summed E-state index contributed by atoms with van der Waals surface area (Å²) in [5.74, 6) is -0.237. The van der Waals surface area contributed by atoms with Crippen LogP contribution >= 0.6 is 11.8 Å². The number of nitrogens with one attached hydrogen (secondary N) is 1. The first-order chi connectivity index (χ1) is 12.5. The van der Waals surface area contributed by atoms with E-state index in [0.29, 0.717) is 46.7 Å². The Hall–Kier alpha value is -2.15. The number of nitrogens with zero attached hydrogens (tertiary/aromatic N) is 1. The van der Waals surface area contributed by atoms with Crippen LogP contribution < -0.4 is 5.32 Å². The largest absolute Gasteiger partial charge is 0.480 e. The van der Waals surface area contributed by atoms with E-state index in [9.17, 15) is 19.1 Å². The summed E-state index contributed by atoms with van der Waals surface area (Å²) in [7, 11) is 0. The molecule has 1 saturated heterocycles. The number of halogens is 1. The van der Waals surface area contributed by atoms with E-state index in [-0.39, 0.29) is 0 Å². The highest BCUT2D eigenvalue weighted by Gasteiger charge is 2.41. The molecule has 2 fully saturated rings. The fourth-order valence-electron chi connectivity index (χ4n) is 3.39. The Labute approximate surface area is 154 Å². The molecule has 1 aliphatic carbocycles. The third kappa shape index (κ3) is 3.16. The van der Waals surface area contributed by atoms with Crippen molar-refractivity contribution in [2.45, 2.75) is 37.1 Å². The van der Waals surface area contributed by atoms with Gasteiger partial charge in [-0.15, -0.1) is 0 Å². The first-order valence-electron chi connectivity index (χ1n) is 8.72. The number of pyridine rings is 1. The molecular weight excluding hydrogens is 355 g/mol. The summed E-state index contributed by atoms with van der Waals surface area (Å²) in [6.07, 6.45) is 2.81. The smallest absolute Gasteiger partial charge is 0.329 e. The van der Waals surface area contributed by atoms with Crippen LogP contribution in [0, 0.1) is 5.82 Å². The van der Waals surface area contributed by atoms with Crippen LogP contribution in [0.25, 0.3) is 10.9 Å². The topological polar surface area (TPSA) is 79.3 Å². The molecule has 1 aliphatic heterocycles. The molecule has 4 rings (SSSR count). The zero-order valence-electron chi connectivity index (χ0n) is 14.1. The Kier molecular flexibility index (Phi) is 4.34. The second-order valence-corrected chi connectivity index (χ2v) is 8.21. The summed E-state index contributed by atoms with van der Waals surface area (Å²) in [6, 6.07) is 5.88. The number of carboxylic acids is 1. The summed E-state index contributed by atoms with van der Waals surface area (Å²) in [4.78, 5) is 29.4. The zero-order valence-corrected chi connectivity index (χ0v) is 14.9. The summed E-state index contributed by atoms with van der Waals surface area (Å²) in [5.41, 5.74) is 0.419. The lowest BCUT2D eigenvalue weighted by molar-refractivity contribution is -0.144. The molecule has 2 heterocycles. The minimum atomic E-state index is -1.26. The van der Waals surface area contributed by atoms with Gasteiger partial charge in [0.2, 0.25) is 0 Å². The van der Waals surface area contributed by atoms with Crippen molar-refractivity contribution < 1.29 is 19.1 Å². The van der Waals surface area contributed by atoms with Gasteiger partial charge in [-0.05, 0) is 61.5 Å². The molecule has 136 valence electrons. The Bertz CT molecular complexity index is 892. The predicted octanol–water partition coefficient (Wildman–Crippen LogP) is 3.33. The fraction of sp³-hybridized carbons (Fsp3) is 0.421. The number of rotatable bonds is 4. The number of thioether (sulfide) groups is 1. The number of aromatic nitrogens is 1. The van der Waals surface area contributed by atoms with Crippen LogP contribution in [0.1, 0.15) is 47.7 Å². The van der Waals surface area contributed by atoms with Gasteiger partial charge in [-0.2, -0.15) is 11.8 Å². The third-order valence-electron chi connectivity index (χ3n) is 5.14. The monoisotopic (exact) mass is 374 g/mol. The Morgan fingerprint density at radius 2 is 1.96 bits per heavy atom. The summed E-state index contributed by atoms with van der Waals surface area (Å²) in [6.45, 7) is 0. The summed E-state index contributed by atoms with van der Waals surface area (Å²) >= 11 is 1.68. The molecule has 1 amide bonds. The quantitative estimate of drug-likeness (QED) is 0.858. The second-order valence-electron chi connectivity index (χ2n) is 6.98. The van der Waals surface area contributed by atoms with Crippen molar-refractivity contribution in [3.63, 3.8) is 0 Å². The lowest BCUT2D eigenvalue weighted by Gasteiger charge is -2.33. The van der Waals surface area contributed by atoms with E-state index in [1.54, 1.807) is 23.9 Å². The Balaban J connectivity index is 1.75. The molecule has 5 nitrogen and oxygen atoms in total. The lowest BCUT2D eigenvalue weighted by Crippen LogP contribution is -2.56. The number of carboxylic acid groups (broad SMARTS) is 1. The van der Waals surface area contributed by atoms with Crippen molar-refractivity contribution in [1.29, 1.82) is 0 Å². The van der Waals surface area contributed by atoms with Crippen LogP contribution in [0.5, 0.6) is 0 Å². The lowest BCUT2D eigenvalue weighted by atomic mass is 9.91. The molecule has 1 aromatic heterocycles. The third-order valence-corrected chi connectivity index (χ3v) is 6.12. The van der Waals surface area contributed by atoms with Gasteiger partial charge >= 0.3 is 5.97 Å². The minimum absolute atomic E-state index is 0.301. The van der Waals surface area contributed by atoms with E-state index in [1.807, 2.05) is 0 Å². The maximum absolute atomic E-state index is 13.8. The molecular formula is C19H19FN2O3S. The molecule has 7 heteroatoms. The number of carbonyl (C=O) groups excluding carboxylic acids is 1. The molecule has 2 aromatic rings. The van der Waals surface area contributed by atoms with Crippen molar-refractivity contribution in [3.05, 3.63) is 41.3 Å². The van der Waals surface area contributed by atoms with Crippen molar-refractivity contribution in [2.24, 2.45) is 0 Å². The number of carbonyl (C=O) groups is 2. The highest BCUT2D eigenvalue weighted by molar-refractivity contribution is 7.99. The van der Waals surface area contributed by atoms with Gasteiger partial charge < -0.3 is 10.4 Å². The van der Waals surface area contributed by atoms with Crippen LogP contribution in [-0.2, 0) is 4.79 Å². The number of fused-ring (bicyclic) bond motifs is 1. The van der Waals surface area contributed by atoms with Crippen LogP contribution in [-0.4, -0.2) is 39.0 Å². The van der Waals surface area contributed by atoms with E-state index in [2.05, 4.69) is 10.3 Å². The highest BCUT2D eigenvalue weighted by atomic mass is 32.2. The summed E-state index contributed by atoms with van der Waals surface area (Å²) < 4.78 is 13.8. The maximum Gasteiger partial charge on any atom is 0.329 e. The first kappa shape index (κ1) is 17.3. The van der Waals surface area contributed by atoms with Gasteiger partial charge in [-0.25, -0.2) is 9.18 Å². The number of aliphatic carboxylic acids is 1. The number of hydrogen-bond donors (Lipinski definition) is 2. The molecule has 1 saturated carbocycles. The molecule has 0 atom stereocenters. The zero-order chi connectivity index (χ0) is 18.3. The molecule has 1 aromatic carbocycles. The molecule has 2 N–H and O–H groups in total. The Morgan fingerprint density at radius 3 is 2.62 bits per heavy atom. The average Bonchev–Trinajstić information content (AvgIpc) is 3.46. The van der Waals surface area contributed by atoms with Gasteiger partial charge in [0.25, 0.3) is 5.91 Å². The normalized spacial score (nSPS) is 19.3. The van der Waals surface area contributed by atoms with E-state index in [0.717, 1.165) is 18.5 Å². The van der Waals surface area contributed by atoms with Crippen LogP contribution in [0.4, 0.5) is 4.39 Å². The van der Waals surface area contributed by atoms with E-state index in [4.69, 9.17) is 0 Å². The standard InChI is InChI=1S/C19H19FN2O3S/c20-12-3-4-15-13(9-12)14(10-16(21-15)11-1-2-11)17(23)22-19(18(24)25)5-7-26-8-6-19/h3-4,9-11H,1-2,5-8H2,(H,22,23)(H,24,25). The van der Waals surface area contributed by atoms with Crippen LogP contribution in [0.3, 0.4) is 0 Å². The van der Waals surface area contributed by atoms with E-state index < -0.39 is 23.2 Å². The van der Waals surface area contributed by atoms with Gasteiger partial charge in [-0.3, -0.25) is 9.78 Å².